The lowest BCUT2D eigenvalue weighted by molar-refractivity contribution is -0.115. The summed E-state index contributed by atoms with van der Waals surface area (Å²) in [5, 5.41) is 15.6. The number of carbonyl (C=O) groups excluding carboxylic acids is 1. The highest BCUT2D eigenvalue weighted by molar-refractivity contribution is 8.02. The Morgan fingerprint density at radius 3 is 2.96 bits per heavy atom. The van der Waals surface area contributed by atoms with Crippen LogP contribution < -0.4 is 10.6 Å². The van der Waals surface area contributed by atoms with E-state index in [9.17, 15) is 4.79 Å². The van der Waals surface area contributed by atoms with Crippen molar-refractivity contribution < 1.29 is 4.79 Å². The highest BCUT2D eigenvalue weighted by Gasteiger charge is 2.23. The monoisotopic (exact) mass is 368 g/mol. The summed E-state index contributed by atoms with van der Waals surface area (Å²) >= 11 is 8.88. The van der Waals surface area contributed by atoms with Gasteiger partial charge in [0.25, 0.3) is 0 Å². The molecule has 2 N–H and O–H groups in total. The second-order valence-electron chi connectivity index (χ2n) is 5.50. The van der Waals surface area contributed by atoms with Gasteiger partial charge in [0.1, 0.15) is 0 Å². The number of halogens is 1. The van der Waals surface area contributed by atoms with Gasteiger partial charge >= 0.3 is 0 Å². The molecule has 1 saturated carbocycles. The van der Waals surface area contributed by atoms with Crippen molar-refractivity contribution in [2.75, 3.05) is 10.6 Å². The molecule has 1 aromatic carbocycles. The minimum absolute atomic E-state index is 0.0766. The van der Waals surface area contributed by atoms with Crippen molar-refractivity contribution in [1.29, 1.82) is 0 Å². The highest BCUT2D eigenvalue weighted by atomic mass is 35.5. The first-order chi connectivity index (χ1) is 11.0. The normalized spacial score (nSPS) is 15.3. The van der Waals surface area contributed by atoms with Gasteiger partial charge < -0.3 is 10.6 Å². The zero-order valence-electron chi connectivity index (χ0n) is 12.8. The molecule has 1 aliphatic carbocycles. The average Bonchev–Trinajstić information content (AvgIpc) is 3.21. The number of nitrogens with one attached hydrogen (secondary N) is 2. The van der Waals surface area contributed by atoms with Gasteiger partial charge in [0.05, 0.1) is 5.25 Å². The lowest BCUT2D eigenvalue weighted by Crippen LogP contribution is -2.22. The molecule has 2 aromatic rings. The Labute approximate surface area is 148 Å². The Hall–Kier alpha value is -1.31. The molecule has 23 heavy (non-hydrogen) atoms. The van der Waals surface area contributed by atoms with Crippen LogP contribution in [0.2, 0.25) is 5.02 Å². The fourth-order valence-corrected chi connectivity index (χ4v) is 4.03. The molecule has 0 bridgehead atoms. The van der Waals surface area contributed by atoms with Gasteiger partial charge in [0.2, 0.25) is 11.0 Å². The summed E-state index contributed by atoms with van der Waals surface area (Å²) in [4.78, 5) is 12.3. The molecule has 8 heteroatoms. The first kappa shape index (κ1) is 16.5. The van der Waals surface area contributed by atoms with Crippen molar-refractivity contribution in [3.63, 3.8) is 0 Å². The highest BCUT2D eigenvalue weighted by Crippen LogP contribution is 2.32. The molecule has 1 aliphatic rings. The summed E-state index contributed by atoms with van der Waals surface area (Å²) in [5.74, 6) is -0.0766. The number of thioether (sulfide) groups is 1. The first-order valence-electron chi connectivity index (χ1n) is 7.35. The van der Waals surface area contributed by atoms with Crippen molar-refractivity contribution in [2.45, 2.75) is 42.3 Å². The van der Waals surface area contributed by atoms with Gasteiger partial charge in [-0.3, -0.25) is 4.79 Å². The summed E-state index contributed by atoms with van der Waals surface area (Å²) in [5.41, 5.74) is 1.72. The molecule has 1 unspecified atom stereocenters. The van der Waals surface area contributed by atoms with E-state index in [1.807, 2.05) is 19.9 Å². The van der Waals surface area contributed by atoms with Crippen molar-refractivity contribution in [3.05, 3.63) is 28.8 Å². The predicted octanol–water partition coefficient (Wildman–Crippen LogP) is 4.19. The summed E-state index contributed by atoms with van der Waals surface area (Å²) < 4.78 is 0.790. The quantitative estimate of drug-likeness (QED) is 0.748. The lowest BCUT2D eigenvalue weighted by Gasteiger charge is -2.12. The van der Waals surface area contributed by atoms with Crippen molar-refractivity contribution in [1.82, 2.24) is 10.2 Å². The van der Waals surface area contributed by atoms with Gasteiger partial charge in [0, 0.05) is 16.8 Å². The van der Waals surface area contributed by atoms with E-state index in [1.165, 1.54) is 35.9 Å². The molecule has 3 rings (SSSR count). The Morgan fingerprint density at radius 2 is 2.22 bits per heavy atom. The number of nitrogens with zero attached hydrogens (tertiary/aromatic N) is 2. The number of aryl methyl sites for hydroxylation is 1. The second-order valence-corrected chi connectivity index (χ2v) is 8.50. The van der Waals surface area contributed by atoms with Gasteiger partial charge in [-0.2, -0.15) is 0 Å². The minimum Gasteiger partial charge on any atom is -0.357 e. The van der Waals surface area contributed by atoms with E-state index in [4.69, 9.17) is 11.6 Å². The number of carbonyl (C=O) groups is 1. The number of aromatic nitrogens is 2. The second kappa shape index (κ2) is 7.07. The van der Waals surface area contributed by atoms with Gasteiger partial charge in [-0.1, -0.05) is 40.8 Å². The number of hydrogen-bond donors (Lipinski definition) is 2. The first-order valence-corrected chi connectivity index (χ1v) is 9.42. The van der Waals surface area contributed by atoms with E-state index in [1.54, 1.807) is 12.1 Å². The van der Waals surface area contributed by atoms with Crippen LogP contribution in [0.15, 0.2) is 22.5 Å². The third-order valence-electron chi connectivity index (χ3n) is 3.42. The van der Waals surface area contributed by atoms with Crippen LogP contribution in [0.4, 0.5) is 10.8 Å². The Morgan fingerprint density at radius 1 is 1.43 bits per heavy atom. The van der Waals surface area contributed by atoms with Crippen LogP contribution in [-0.4, -0.2) is 27.4 Å². The summed E-state index contributed by atoms with van der Waals surface area (Å²) in [6.45, 7) is 3.79. The SMILES string of the molecule is Cc1ccc(Cl)cc1NC(=O)C(C)Sc1nnc(NC2CC2)s1. The molecule has 122 valence electrons. The molecule has 1 amide bonds. The van der Waals surface area contributed by atoms with Gasteiger partial charge in [-0.25, -0.2) is 0 Å². The molecule has 1 aromatic heterocycles. The Balaban J connectivity index is 1.58. The van der Waals surface area contributed by atoms with E-state index in [0.717, 1.165) is 20.7 Å². The Kier molecular flexibility index (Phi) is 5.08. The summed E-state index contributed by atoms with van der Waals surface area (Å²) in [6, 6.07) is 6.00. The number of benzene rings is 1. The fourth-order valence-electron chi connectivity index (χ4n) is 1.89. The molecule has 1 atom stereocenters. The van der Waals surface area contributed by atoms with Crippen LogP contribution in [0.25, 0.3) is 0 Å². The molecule has 0 spiro atoms. The van der Waals surface area contributed by atoms with E-state index >= 15 is 0 Å². The van der Waals surface area contributed by atoms with Crippen molar-refractivity contribution in [2.24, 2.45) is 0 Å². The predicted molar refractivity (Wildman–Crippen MR) is 96.7 cm³/mol. The van der Waals surface area contributed by atoms with E-state index in [0.29, 0.717) is 11.1 Å². The zero-order valence-corrected chi connectivity index (χ0v) is 15.2. The Bertz CT molecular complexity index is 717. The maximum Gasteiger partial charge on any atom is 0.237 e. The van der Waals surface area contributed by atoms with E-state index in [-0.39, 0.29) is 11.2 Å². The molecule has 0 aliphatic heterocycles. The molecule has 1 fully saturated rings. The van der Waals surface area contributed by atoms with Gasteiger partial charge in [-0.15, -0.1) is 10.2 Å². The standard InChI is InChI=1S/C15H17ClN4OS2/c1-8-3-4-10(16)7-12(8)18-13(21)9(2)22-15-20-19-14(23-15)17-11-5-6-11/h3-4,7,9,11H,5-6H2,1-2H3,(H,17,19)(H,18,21). The van der Waals surface area contributed by atoms with E-state index < -0.39 is 0 Å². The number of anilines is 2. The average molecular weight is 369 g/mol. The molecule has 1 heterocycles. The van der Waals surface area contributed by atoms with Crippen molar-refractivity contribution in [3.8, 4) is 0 Å². The summed E-state index contributed by atoms with van der Waals surface area (Å²) in [6.07, 6.45) is 2.39. The topological polar surface area (TPSA) is 66.9 Å². The summed E-state index contributed by atoms with van der Waals surface area (Å²) in [7, 11) is 0. The van der Waals surface area contributed by atoms with Crippen LogP contribution >= 0.6 is 34.7 Å². The largest absolute Gasteiger partial charge is 0.357 e. The van der Waals surface area contributed by atoms with Crippen LogP contribution in [0.5, 0.6) is 0 Å². The lowest BCUT2D eigenvalue weighted by atomic mass is 10.2. The van der Waals surface area contributed by atoms with Crippen molar-refractivity contribution >= 4 is 51.4 Å². The van der Waals surface area contributed by atoms with Crippen LogP contribution in [0, 0.1) is 6.92 Å². The smallest absolute Gasteiger partial charge is 0.237 e. The number of rotatable bonds is 6. The third kappa shape index (κ3) is 4.59. The fraction of sp³-hybridized carbons (Fsp3) is 0.400. The van der Waals surface area contributed by atoms with Crippen LogP contribution in [-0.2, 0) is 4.79 Å². The van der Waals surface area contributed by atoms with Crippen LogP contribution in [0.3, 0.4) is 0 Å². The van der Waals surface area contributed by atoms with Gasteiger partial charge in [-0.05, 0) is 44.4 Å². The maximum absolute atomic E-state index is 12.3. The minimum atomic E-state index is -0.268. The van der Waals surface area contributed by atoms with E-state index in [2.05, 4.69) is 20.8 Å². The molecule has 0 saturated heterocycles. The number of hydrogen-bond acceptors (Lipinski definition) is 6. The molecule has 0 radical (unpaired) electrons. The molecule has 5 nitrogen and oxygen atoms in total. The zero-order chi connectivity index (χ0) is 16.4. The molecular weight excluding hydrogens is 352 g/mol. The van der Waals surface area contributed by atoms with Gasteiger partial charge in [0.15, 0.2) is 4.34 Å². The third-order valence-corrected chi connectivity index (χ3v) is 5.69. The number of amides is 1. The van der Waals surface area contributed by atoms with Crippen LogP contribution in [0.1, 0.15) is 25.3 Å². The maximum atomic E-state index is 12.3. The molecular formula is C15H17ClN4OS2.